The fraction of sp³-hybridized carbons (Fsp3) is 0.231. The van der Waals surface area contributed by atoms with Crippen LogP contribution in [0.2, 0.25) is 0 Å². The molecule has 0 aliphatic rings. The van der Waals surface area contributed by atoms with Crippen molar-refractivity contribution in [2.45, 2.75) is 19.5 Å². The van der Waals surface area contributed by atoms with E-state index in [-0.39, 0.29) is 21.3 Å². The van der Waals surface area contributed by atoms with Crippen molar-refractivity contribution in [3.8, 4) is 0 Å². The van der Waals surface area contributed by atoms with Crippen molar-refractivity contribution in [1.29, 1.82) is 0 Å². The standard InChI is InChI=1S/C13H12F2N2OS/c1-13(2,15)11-10(19-12(16)17-11)9(18)7-3-5-8(14)6-4-7/h3-6H,1-2H3,(H2,16,17). The Labute approximate surface area is 113 Å². The van der Waals surface area contributed by atoms with Gasteiger partial charge in [-0.15, -0.1) is 0 Å². The number of nitrogens with two attached hydrogens (primary N) is 1. The predicted octanol–water partition coefficient (Wildman–Crippen LogP) is 3.30. The monoisotopic (exact) mass is 282 g/mol. The van der Waals surface area contributed by atoms with Gasteiger partial charge in [-0.1, -0.05) is 11.3 Å². The lowest BCUT2D eigenvalue weighted by atomic mass is 10.0. The van der Waals surface area contributed by atoms with E-state index in [0.29, 0.717) is 0 Å². The lowest BCUT2D eigenvalue weighted by Gasteiger charge is -2.12. The van der Waals surface area contributed by atoms with E-state index < -0.39 is 17.3 Å². The van der Waals surface area contributed by atoms with Gasteiger partial charge in [-0.3, -0.25) is 4.79 Å². The average molecular weight is 282 g/mol. The Bertz CT molecular complexity index is 615. The molecule has 0 radical (unpaired) electrons. The normalized spacial score (nSPS) is 11.6. The molecule has 100 valence electrons. The molecule has 0 atom stereocenters. The molecule has 2 aromatic rings. The molecular formula is C13H12F2N2OS. The maximum absolute atomic E-state index is 14.0. The van der Waals surface area contributed by atoms with Gasteiger partial charge in [0.1, 0.15) is 22.1 Å². The molecule has 0 aliphatic heterocycles. The number of hydrogen-bond donors (Lipinski definition) is 1. The van der Waals surface area contributed by atoms with Crippen LogP contribution in [0.25, 0.3) is 0 Å². The quantitative estimate of drug-likeness (QED) is 0.879. The molecule has 0 spiro atoms. The van der Waals surface area contributed by atoms with E-state index >= 15 is 0 Å². The molecule has 0 bridgehead atoms. The minimum atomic E-state index is -1.76. The molecule has 0 unspecified atom stereocenters. The number of aromatic nitrogens is 1. The highest BCUT2D eigenvalue weighted by Crippen LogP contribution is 2.33. The molecule has 0 fully saturated rings. The third-order valence-electron chi connectivity index (χ3n) is 2.52. The number of carbonyl (C=O) groups is 1. The molecule has 2 N–H and O–H groups in total. The fourth-order valence-corrected chi connectivity index (χ4v) is 2.57. The SMILES string of the molecule is CC(C)(F)c1nc(N)sc1C(=O)c1ccc(F)cc1. The zero-order valence-corrected chi connectivity index (χ0v) is 11.2. The van der Waals surface area contributed by atoms with Crippen LogP contribution in [0.1, 0.15) is 34.8 Å². The molecule has 6 heteroatoms. The molecule has 0 saturated carbocycles. The van der Waals surface area contributed by atoms with Gasteiger partial charge in [0, 0.05) is 5.56 Å². The number of nitrogens with zero attached hydrogens (tertiary/aromatic N) is 1. The Balaban J connectivity index is 2.47. The minimum absolute atomic E-state index is 0.0179. The molecule has 0 amide bonds. The van der Waals surface area contributed by atoms with E-state index in [4.69, 9.17) is 5.73 Å². The van der Waals surface area contributed by atoms with Crippen LogP contribution in [0.5, 0.6) is 0 Å². The Kier molecular flexibility index (Phi) is 3.36. The number of benzene rings is 1. The number of carbonyl (C=O) groups excluding carboxylic acids is 1. The number of hydrogen-bond acceptors (Lipinski definition) is 4. The molecule has 1 aromatic carbocycles. The van der Waals surface area contributed by atoms with Gasteiger partial charge in [0.05, 0.1) is 0 Å². The summed E-state index contributed by atoms with van der Waals surface area (Å²) in [5.41, 5.74) is 4.07. The number of ketones is 1. The lowest BCUT2D eigenvalue weighted by Crippen LogP contribution is -2.15. The van der Waals surface area contributed by atoms with Gasteiger partial charge in [-0.05, 0) is 38.1 Å². The number of anilines is 1. The molecule has 0 aliphatic carbocycles. The minimum Gasteiger partial charge on any atom is -0.375 e. The Morgan fingerprint density at radius 1 is 1.32 bits per heavy atom. The molecule has 2 rings (SSSR count). The Hall–Kier alpha value is -1.82. The van der Waals surface area contributed by atoms with Crippen LogP contribution in [-0.4, -0.2) is 10.8 Å². The first-order valence-electron chi connectivity index (χ1n) is 5.55. The summed E-state index contributed by atoms with van der Waals surface area (Å²) in [5.74, 6) is -0.846. The van der Waals surface area contributed by atoms with Crippen LogP contribution >= 0.6 is 11.3 Å². The van der Waals surface area contributed by atoms with Gasteiger partial charge in [-0.2, -0.15) is 0 Å². The molecule has 0 saturated heterocycles. The van der Waals surface area contributed by atoms with E-state index in [0.717, 1.165) is 11.3 Å². The topological polar surface area (TPSA) is 56.0 Å². The van der Waals surface area contributed by atoms with Crippen molar-refractivity contribution in [3.05, 3.63) is 46.2 Å². The second kappa shape index (κ2) is 4.70. The second-order valence-corrected chi connectivity index (χ2v) is 5.57. The van der Waals surface area contributed by atoms with Crippen molar-refractivity contribution >= 4 is 22.3 Å². The summed E-state index contributed by atoms with van der Waals surface area (Å²) in [5, 5.41) is 0.131. The predicted molar refractivity (Wildman–Crippen MR) is 70.5 cm³/mol. The van der Waals surface area contributed by atoms with Crippen LogP contribution in [0.15, 0.2) is 24.3 Å². The van der Waals surface area contributed by atoms with E-state index in [2.05, 4.69) is 4.98 Å². The molecular weight excluding hydrogens is 270 g/mol. The highest BCUT2D eigenvalue weighted by Gasteiger charge is 2.30. The van der Waals surface area contributed by atoms with Gasteiger partial charge < -0.3 is 5.73 Å². The van der Waals surface area contributed by atoms with Crippen molar-refractivity contribution in [3.63, 3.8) is 0 Å². The number of nitrogen functional groups attached to an aromatic ring is 1. The van der Waals surface area contributed by atoms with Crippen LogP contribution in [0, 0.1) is 5.82 Å². The maximum atomic E-state index is 14.0. The number of thiazole rings is 1. The highest BCUT2D eigenvalue weighted by molar-refractivity contribution is 7.17. The smallest absolute Gasteiger partial charge is 0.205 e. The summed E-state index contributed by atoms with van der Waals surface area (Å²) < 4.78 is 26.8. The summed E-state index contributed by atoms with van der Waals surface area (Å²) in [6, 6.07) is 5.06. The van der Waals surface area contributed by atoms with E-state index in [1.54, 1.807) is 0 Å². The van der Waals surface area contributed by atoms with Gasteiger partial charge in [-0.25, -0.2) is 13.8 Å². The average Bonchev–Trinajstić information content (AvgIpc) is 2.71. The van der Waals surface area contributed by atoms with Gasteiger partial charge in [0.2, 0.25) is 5.78 Å². The van der Waals surface area contributed by atoms with Crippen LogP contribution < -0.4 is 5.73 Å². The van der Waals surface area contributed by atoms with Crippen molar-refractivity contribution in [1.82, 2.24) is 4.98 Å². The first kappa shape index (κ1) is 13.6. The van der Waals surface area contributed by atoms with Crippen molar-refractivity contribution in [2.75, 3.05) is 5.73 Å². The van der Waals surface area contributed by atoms with Crippen LogP contribution in [0.3, 0.4) is 0 Å². The van der Waals surface area contributed by atoms with Crippen LogP contribution in [0.4, 0.5) is 13.9 Å². The number of halogens is 2. The zero-order valence-electron chi connectivity index (χ0n) is 10.4. The Morgan fingerprint density at radius 3 is 2.42 bits per heavy atom. The first-order chi connectivity index (χ1) is 8.79. The zero-order chi connectivity index (χ0) is 14.2. The third-order valence-corrected chi connectivity index (χ3v) is 3.40. The maximum Gasteiger partial charge on any atom is 0.205 e. The van der Waals surface area contributed by atoms with Crippen LogP contribution in [-0.2, 0) is 5.67 Å². The molecule has 19 heavy (non-hydrogen) atoms. The second-order valence-electron chi connectivity index (χ2n) is 4.54. The van der Waals surface area contributed by atoms with Crippen molar-refractivity contribution in [2.24, 2.45) is 0 Å². The fourth-order valence-electron chi connectivity index (χ4n) is 1.63. The van der Waals surface area contributed by atoms with E-state index in [9.17, 15) is 13.6 Å². The Morgan fingerprint density at radius 2 is 1.89 bits per heavy atom. The summed E-state index contributed by atoms with van der Waals surface area (Å²) in [7, 11) is 0. The summed E-state index contributed by atoms with van der Waals surface area (Å²) in [6.07, 6.45) is 0. The van der Waals surface area contributed by atoms with Gasteiger partial charge in [0.25, 0.3) is 0 Å². The lowest BCUT2D eigenvalue weighted by molar-refractivity contribution is 0.103. The summed E-state index contributed by atoms with van der Waals surface area (Å²) >= 11 is 0.932. The van der Waals surface area contributed by atoms with E-state index in [1.165, 1.54) is 38.1 Å². The third kappa shape index (κ3) is 2.78. The summed E-state index contributed by atoms with van der Waals surface area (Å²) in [6.45, 7) is 2.62. The largest absolute Gasteiger partial charge is 0.375 e. The molecule has 3 nitrogen and oxygen atoms in total. The number of rotatable bonds is 3. The number of alkyl halides is 1. The van der Waals surface area contributed by atoms with Gasteiger partial charge in [0.15, 0.2) is 5.13 Å². The summed E-state index contributed by atoms with van der Waals surface area (Å²) in [4.78, 5) is 16.3. The molecule has 1 aromatic heterocycles. The molecule has 1 heterocycles. The first-order valence-corrected chi connectivity index (χ1v) is 6.36. The van der Waals surface area contributed by atoms with Crippen molar-refractivity contribution < 1.29 is 13.6 Å². The van der Waals surface area contributed by atoms with E-state index in [1.807, 2.05) is 0 Å². The van der Waals surface area contributed by atoms with Gasteiger partial charge >= 0.3 is 0 Å². The highest BCUT2D eigenvalue weighted by atomic mass is 32.1.